The van der Waals surface area contributed by atoms with Gasteiger partial charge >= 0.3 is 6.03 Å². The number of carbonyl (C=O) groups excluding carboxylic acids is 2. The number of urea groups is 1. The zero-order valence-electron chi connectivity index (χ0n) is 11.4. The molecule has 0 radical (unpaired) electrons. The van der Waals surface area contributed by atoms with E-state index < -0.39 is 0 Å². The summed E-state index contributed by atoms with van der Waals surface area (Å²) in [7, 11) is 1.65. The number of halogens is 1. The topological polar surface area (TPSA) is 61.4 Å². The number of hydrogen-bond acceptors (Lipinski definition) is 2. The van der Waals surface area contributed by atoms with Gasteiger partial charge in [0.2, 0.25) is 5.91 Å². The second-order valence-corrected chi connectivity index (χ2v) is 6.06. The molecular formula is C14H18IN3O2. The van der Waals surface area contributed by atoms with Crippen molar-refractivity contribution >= 4 is 40.2 Å². The molecule has 1 aliphatic rings. The molecule has 1 aromatic carbocycles. The van der Waals surface area contributed by atoms with Crippen LogP contribution in [-0.4, -0.2) is 37.0 Å². The first-order chi connectivity index (χ1) is 9.60. The molecule has 0 bridgehead atoms. The Kier molecular flexibility index (Phi) is 5.22. The second kappa shape index (κ2) is 6.92. The molecule has 3 amide bonds. The lowest BCUT2D eigenvalue weighted by Gasteiger charge is -2.31. The summed E-state index contributed by atoms with van der Waals surface area (Å²) in [5.41, 5.74) is 0.801. The van der Waals surface area contributed by atoms with E-state index >= 15 is 0 Å². The third-order valence-electron chi connectivity index (χ3n) is 3.48. The van der Waals surface area contributed by atoms with Gasteiger partial charge in [0.25, 0.3) is 0 Å². The van der Waals surface area contributed by atoms with Crippen LogP contribution in [-0.2, 0) is 4.79 Å². The molecule has 0 unspecified atom stereocenters. The molecule has 1 aromatic rings. The second-order valence-electron chi connectivity index (χ2n) is 4.82. The van der Waals surface area contributed by atoms with Crippen molar-refractivity contribution < 1.29 is 9.59 Å². The highest BCUT2D eigenvalue weighted by molar-refractivity contribution is 14.1. The number of hydrogen-bond donors (Lipinski definition) is 2. The summed E-state index contributed by atoms with van der Waals surface area (Å²) in [6.45, 7) is 1.24. The van der Waals surface area contributed by atoms with Gasteiger partial charge in [0.05, 0.1) is 0 Å². The van der Waals surface area contributed by atoms with Crippen LogP contribution in [0, 0.1) is 9.49 Å². The van der Waals surface area contributed by atoms with Gasteiger partial charge in [-0.25, -0.2) is 4.79 Å². The molecule has 1 aliphatic heterocycles. The smallest absolute Gasteiger partial charge is 0.321 e. The summed E-state index contributed by atoms with van der Waals surface area (Å²) in [5, 5.41) is 5.56. The van der Waals surface area contributed by atoms with Crippen molar-refractivity contribution in [2.45, 2.75) is 12.8 Å². The lowest BCUT2D eigenvalue weighted by Crippen LogP contribution is -2.44. The summed E-state index contributed by atoms with van der Waals surface area (Å²) in [6, 6.07) is 7.59. The Bertz CT molecular complexity index is 499. The van der Waals surface area contributed by atoms with E-state index in [1.54, 1.807) is 11.9 Å². The van der Waals surface area contributed by atoms with Crippen LogP contribution in [0.5, 0.6) is 0 Å². The molecule has 0 atom stereocenters. The van der Waals surface area contributed by atoms with Gasteiger partial charge in [-0.2, -0.15) is 0 Å². The zero-order valence-corrected chi connectivity index (χ0v) is 13.5. The summed E-state index contributed by atoms with van der Waals surface area (Å²) in [5.74, 6) is 0.101. The normalized spacial score (nSPS) is 15.8. The fourth-order valence-corrected chi connectivity index (χ4v) is 2.86. The first kappa shape index (κ1) is 15.1. The van der Waals surface area contributed by atoms with Crippen molar-refractivity contribution in [1.82, 2.24) is 10.2 Å². The highest BCUT2D eigenvalue weighted by Crippen LogP contribution is 2.19. The van der Waals surface area contributed by atoms with Crippen LogP contribution in [0.25, 0.3) is 0 Å². The number of anilines is 1. The highest BCUT2D eigenvalue weighted by Gasteiger charge is 2.26. The number of nitrogens with one attached hydrogen (secondary N) is 2. The minimum absolute atomic E-state index is 0.0294. The van der Waals surface area contributed by atoms with Crippen molar-refractivity contribution in [3.63, 3.8) is 0 Å². The molecule has 2 rings (SSSR count). The number of likely N-dealkylation sites (tertiary alicyclic amines) is 1. The zero-order chi connectivity index (χ0) is 14.5. The van der Waals surface area contributed by atoms with Crippen LogP contribution >= 0.6 is 22.6 Å². The summed E-state index contributed by atoms with van der Waals surface area (Å²) in [6.07, 6.45) is 1.44. The first-order valence-electron chi connectivity index (χ1n) is 6.63. The van der Waals surface area contributed by atoms with Crippen LogP contribution in [0.1, 0.15) is 12.8 Å². The van der Waals surface area contributed by atoms with E-state index in [9.17, 15) is 9.59 Å². The van der Waals surface area contributed by atoms with E-state index in [0.717, 1.165) is 22.1 Å². The average Bonchev–Trinajstić information content (AvgIpc) is 2.46. The Balaban J connectivity index is 1.87. The monoisotopic (exact) mass is 387 g/mol. The fraction of sp³-hybridized carbons (Fsp3) is 0.429. The predicted octanol–water partition coefficient (Wildman–Crippen LogP) is 2.28. The van der Waals surface area contributed by atoms with E-state index in [1.807, 2.05) is 24.3 Å². The molecule has 20 heavy (non-hydrogen) atoms. The van der Waals surface area contributed by atoms with Crippen molar-refractivity contribution in [3.05, 3.63) is 27.8 Å². The molecule has 0 spiro atoms. The number of benzene rings is 1. The van der Waals surface area contributed by atoms with E-state index in [-0.39, 0.29) is 17.9 Å². The molecule has 6 heteroatoms. The third kappa shape index (κ3) is 3.84. The van der Waals surface area contributed by atoms with Crippen molar-refractivity contribution in [3.8, 4) is 0 Å². The third-order valence-corrected chi connectivity index (χ3v) is 4.15. The first-order valence-corrected chi connectivity index (χ1v) is 7.71. The van der Waals surface area contributed by atoms with Gasteiger partial charge in [-0.15, -0.1) is 0 Å². The largest absolute Gasteiger partial charge is 0.359 e. The summed E-state index contributed by atoms with van der Waals surface area (Å²) < 4.78 is 1.08. The van der Waals surface area contributed by atoms with Gasteiger partial charge in [0.1, 0.15) is 0 Å². The molecule has 0 aliphatic carbocycles. The fourth-order valence-electron chi connectivity index (χ4n) is 2.32. The Morgan fingerprint density at radius 2 is 2.00 bits per heavy atom. The molecular weight excluding hydrogens is 369 g/mol. The molecule has 108 valence electrons. The van der Waals surface area contributed by atoms with Gasteiger partial charge in [0, 0.05) is 35.3 Å². The molecule has 5 nitrogen and oxygen atoms in total. The van der Waals surface area contributed by atoms with Crippen LogP contribution in [0.4, 0.5) is 10.5 Å². The molecule has 1 fully saturated rings. The van der Waals surface area contributed by atoms with Gasteiger partial charge in [-0.05, 0) is 53.6 Å². The molecule has 2 N–H and O–H groups in total. The van der Waals surface area contributed by atoms with E-state index in [1.165, 1.54) is 0 Å². The van der Waals surface area contributed by atoms with Crippen LogP contribution in [0.2, 0.25) is 0 Å². The lowest BCUT2D eigenvalue weighted by atomic mass is 9.96. The maximum Gasteiger partial charge on any atom is 0.321 e. The van der Waals surface area contributed by atoms with Crippen LogP contribution in [0.3, 0.4) is 0 Å². The Hall–Kier alpha value is -1.31. The van der Waals surface area contributed by atoms with Crippen molar-refractivity contribution in [2.75, 3.05) is 25.5 Å². The molecule has 0 aromatic heterocycles. The molecule has 1 heterocycles. The maximum absolute atomic E-state index is 12.1. The van der Waals surface area contributed by atoms with Crippen molar-refractivity contribution in [1.29, 1.82) is 0 Å². The Labute approximate surface area is 132 Å². The minimum atomic E-state index is -0.0950. The quantitative estimate of drug-likeness (QED) is 0.765. The maximum atomic E-state index is 12.1. The Morgan fingerprint density at radius 1 is 1.30 bits per heavy atom. The Morgan fingerprint density at radius 3 is 2.60 bits per heavy atom. The standard InChI is InChI=1S/C14H18IN3O2/c1-16-13(19)10-5-7-18(8-6-10)14(20)17-12-4-2-3-11(15)9-12/h2-4,9-10H,5-8H2,1H3,(H,16,19)(H,17,20). The van der Waals surface area contributed by atoms with Gasteiger partial charge in [0.15, 0.2) is 0 Å². The number of amides is 3. The predicted molar refractivity (Wildman–Crippen MR) is 86.5 cm³/mol. The molecule has 1 saturated heterocycles. The summed E-state index contributed by atoms with van der Waals surface area (Å²) >= 11 is 2.21. The highest BCUT2D eigenvalue weighted by atomic mass is 127. The van der Waals surface area contributed by atoms with Gasteiger partial charge in [-0.3, -0.25) is 4.79 Å². The van der Waals surface area contributed by atoms with E-state index in [4.69, 9.17) is 0 Å². The number of piperidine rings is 1. The number of rotatable bonds is 2. The van der Waals surface area contributed by atoms with E-state index in [0.29, 0.717) is 13.1 Å². The van der Waals surface area contributed by atoms with Crippen LogP contribution in [0.15, 0.2) is 24.3 Å². The van der Waals surface area contributed by atoms with Gasteiger partial charge < -0.3 is 15.5 Å². The van der Waals surface area contributed by atoms with Crippen LogP contribution < -0.4 is 10.6 Å². The van der Waals surface area contributed by atoms with E-state index in [2.05, 4.69) is 33.2 Å². The lowest BCUT2D eigenvalue weighted by molar-refractivity contribution is -0.125. The minimum Gasteiger partial charge on any atom is -0.359 e. The number of nitrogens with zero attached hydrogens (tertiary/aromatic N) is 1. The SMILES string of the molecule is CNC(=O)C1CCN(C(=O)Nc2cccc(I)c2)CC1. The summed E-state index contributed by atoms with van der Waals surface area (Å²) in [4.78, 5) is 25.4. The van der Waals surface area contributed by atoms with Gasteiger partial charge in [-0.1, -0.05) is 6.07 Å². The molecule has 0 saturated carbocycles. The number of carbonyl (C=O) groups is 2. The van der Waals surface area contributed by atoms with Crippen molar-refractivity contribution in [2.24, 2.45) is 5.92 Å². The average molecular weight is 387 g/mol.